The second-order valence-electron chi connectivity index (χ2n) is 4.50. The highest BCUT2D eigenvalue weighted by Crippen LogP contribution is 2.16. The van der Waals surface area contributed by atoms with Gasteiger partial charge in [-0.05, 0) is 30.2 Å². The normalized spacial score (nSPS) is 12.3. The minimum atomic E-state index is -0.138. The average molecular weight is 286 g/mol. The molecular formula is C17H16ClNO. The molecule has 0 bridgehead atoms. The zero-order valence-corrected chi connectivity index (χ0v) is 12.0. The Morgan fingerprint density at radius 1 is 1.10 bits per heavy atom. The standard InChI is InChI=1S/C17H16ClNO/c1-13(14-7-3-2-4-8-14)19-17(20)12-11-15-9-5-6-10-16(15)18/h2-13H,1H3,(H,19,20)/b12-11+. The number of amides is 1. The Labute approximate surface area is 124 Å². The predicted octanol–water partition coefficient (Wildman–Crippen LogP) is 4.23. The largest absolute Gasteiger partial charge is 0.346 e. The van der Waals surface area contributed by atoms with E-state index < -0.39 is 0 Å². The number of carbonyl (C=O) groups is 1. The fraction of sp³-hybridized carbons (Fsp3) is 0.118. The van der Waals surface area contributed by atoms with Crippen LogP contribution >= 0.6 is 11.6 Å². The third-order valence-corrected chi connectivity index (χ3v) is 3.32. The van der Waals surface area contributed by atoms with Crippen LogP contribution in [0.4, 0.5) is 0 Å². The number of carbonyl (C=O) groups excluding carboxylic acids is 1. The fourth-order valence-electron chi connectivity index (χ4n) is 1.86. The average Bonchev–Trinajstić information content (AvgIpc) is 2.47. The summed E-state index contributed by atoms with van der Waals surface area (Å²) in [6.07, 6.45) is 3.22. The molecule has 2 aromatic carbocycles. The minimum Gasteiger partial charge on any atom is -0.346 e. The first-order valence-electron chi connectivity index (χ1n) is 6.45. The number of hydrogen-bond acceptors (Lipinski definition) is 1. The minimum absolute atomic E-state index is 0.0282. The summed E-state index contributed by atoms with van der Waals surface area (Å²) >= 11 is 6.03. The van der Waals surface area contributed by atoms with E-state index in [2.05, 4.69) is 5.32 Å². The van der Waals surface area contributed by atoms with Gasteiger partial charge < -0.3 is 5.32 Å². The van der Waals surface area contributed by atoms with Crippen molar-refractivity contribution in [1.82, 2.24) is 5.32 Å². The van der Waals surface area contributed by atoms with Gasteiger partial charge in [-0.2, -0.15) is 0 Å². The second kappa shape index (κ2) is 6.92. The first kappa shape index (κ1) is 14.4. The summed E-state index contributed by atoms with van der Waals surface area (Å²) in [5.74, 6) is -0.138. The lowest BCUT2D eigenvalue weighted by Gasteiger charge is -2.12. The monoisotopic (exact) mass is 285 g/mol. The number of hydrogen-bond donors (Lipinski definition) is 1. The van der Waals surface area contributed by atoms with E-state index in [0.29, 0.717) is 5.02 Å². The van der Waals surface area contributed by atoms with E-state index >= 15 is 0 Å². The molecular weight excluding hydrogens is 270 g/mol. The van der Waals surface area contributed by atoms with E-state index in [-0.39, 0.29) is 11.9 Å². The molecule has 1 unspecified atom stereocenters. The molecule has 1 atom stereocenters. The summed E-state index contributed by atoms with van der Waals surface area (Å²) in [5.41, 5.74) is 1.91. The Bertz CT molecular complexity index is 607. The predicted molar refractivity (Wildman–Crippen MR) is 83.5 cm³/mol. The molecule has 2 aromatic rings. The molecule has 0 aliphatic rings. The highest BCUT2D eigenvalue weighted by Gasteiger charge is 2.06. The van der Waals surface area contributed by atoms with Gasteiger partial charge in [-0.3, -0.25) is 4.79 Å². The Morgan fingerprint density at radius 3 is 2.45 bits per heavy atom. The van der Waals surface area contributed by atoms with E-state index in [9.17, 15) is 4.79 Å². The molecule has 0 aliphatic carbocycles. The van der Waals surface area contributed by atoms with Crippen LogP contribution in [0, 0.1) is 0 Å². The Kier molecular flexibility index (Phi) is 4.97. The van der Waals surface area contributed by atoms with Crippen molar-refractivity contribution in [2.45, 2.75) is 13.0 Å². The Balaban J connectivity index is 1.98. The summed E-state index contributed by atoms with van der Waals surface area (Å²) in [6, 6.07) is 17.2. The van der Waals surface area contributed by atoms with Gasteiger partial charge in [0.15, 0.2) is 0 Å². The number of benzene rings is 2. The van der Waals surface area contributed by atoms with Crippen LogP contribution in [0.3, 0.4) is 0 Å². The van der Waals surface area contributed by atoms with Crippen molar-refractivity contribution in [1.29, 1.82) is 0 Å². The fourth-order valence-corrected chi connectivity index (χ4v) is 2.06. The molecule has 20 heavy (non-hydrogen) atoms. The molecule has 0 aliphatic heterocycles. The van der Waals surface area contributed by atoms with Crippen molar-refractivity contribution in [2.24, 2.45) is 0 Å². The van der Waals surface area contributed by atoms with E-state index in [1.54, 1.807) is 12.1 Å². The summed E-state index contributed by atoms with van der Waals surface area (Å²) in [4.78, 5) is 11.9. The lowest BCUT2D eigenvalue weighted by atomic mass is 10.1. The van der Waals surface area contributed by atoms with Gasteiger partial charge in [0.25, 0.3) is 0 Å². The molecule has 2 nitrogen and oxygen atoms in total. The van der Waals surface area contributed by atoms with Crippen molar-refractivity contribution in [2.75, 3.05) is 0 Å². The molecule has 102 valence electrons. The van der Waals surface area contributed by atoms with E-state index in [1.165, 1.54) is 6.08 Å². The smallest absolute Gasteiger partial charge is 0.244 e. The van der Waals surface area contributed by atoms with Crippen LogP contribution in [-0.4, -0.2) is 5.91 Å². The van der Waals surface area contributed by atoms with E-state index in [4.69, 9.17) is 11.6 Å². The number of nitrogens with one attached hydrogen (secondary N) is 1. The van der Waals surface area contributed by atoms with Crippen LogP contribution in [0.1, 0.15) is 24.1 Å². The van der Waals surface area contributed by atoms with E-state index in [1.807, 2.05) is 55.5 Å². The van der Waals surface area contributed by atoms with Gasteiger partial charge in [-0.15, -0.1) is 0 Å². The summed E-state index contributed by atoms with van der Waals surface area (Å²) in [5, 5.41) is 3.55. The van der Waals surface area contributed by atoms with Crippen molar-refractivity contribution in [3.8, 4) is 0 Å². The molecule has 0 heterocycles. The molecule has 1 N–H and O–H groups in total. The maximum atomic E-state index is 11.9. The summed E-state index contributed by atoms with van der Waals surface area (Å²) in [6.45, 7) is 1.95. The number of rotatable bonds is 4. The third-order valence-electron chi connectivity index (χ3n) is 2.98. The van der Waals surface area contributed by atoms with Crippen LogP contribution in [-0.2, 0) is 4.79 Å². The molecule has 0 aromatic heterocycles. The van der Waals surface area contributed by atoms with E-state index in [0.717, 1.165) is 11.1 Å². The maximum Gasteiger partial charge on any atom is 0.244 e. The molecule has 0 saturated heterocycles. The van der Waals surface area contributed by atoms with Gasteiger partial charge in [-0.1, -0.05) is 60.1 Å². The van der Waals surface area contributed by atoms with Crippen LogP contribution in [0.5, 0.6) is 0 Å². The first-order chi connectivity index (χ1) is 9.66. The summed E-state index contributed by atoms with van der Waals surface area (Å²) < 4.78 is 0. The molecule has 0 saturated carbocycles. The Hall–Kier alpha value is -2.06. The first-order valence-corrected chi connectivity index (χ1v) is 6.82. The lowest BCUT2D eigenvalue weighted by molar-refractivity contribution is -0.117. The highest BCUT2D eigenvalue weighted by molar-refractivity contribution is 6.32. The third kappa shape index (κ3) is 3.97. The lowest BCUT2D eigenvalue weighted by Crippen LogP contribution is -2.24. The van der Waals surface area contributed by atoms with Gasteiger partial charge in [0.2, 0.25) is 5.91 Å². The topological polar surface area (TPSA) is 29.1 Å². The molecule has 0 fully saturated rings. The van der Waals surface area contributed by atoms with Crippen LogP contribution in [0.15, 0.2) is 60.7 Å². The Morgan fingerprint density at radius 2 is 1.75 bits per heavy atom. The quantitative estimate of drug-likeness (QED) is 0.837. The van der Waals surface area contributed by atoms with Gasteiger partial charge in [-0.25, -0.2) is 0 Å². The van der Waals surface area contributed by atoms with Crippen molar-refractivity contribution >= 4 is 23.6 Å². The van der Waals surface area contributed by atoms with Crippen molar-refractivity contribution in [3.05, 3.63) is 76.8 Å². The van der Waals surface area contributed by atoms with Crippen molar-refractivity contribution in [3.63, 3.8) is 0 Å². The SMILES string of the molecule is CC(NC(=O)/C=C/c1ccccc1Cl)c1ccccc1. The van der Waals surface area contributed by atoms with Crippen LogP contribution < -0.4 is 5.32 Å². The second-order valence-corrected chi connectivity index (χ2v) is 4.90. The van der Waals surface area contributed by atoms with Crippen molar-refractivity contribution < 1.29 is 4.79 Å². The van der Waals surface area contributed by atoms with Gasteiger partial charge in [0.1, 0.15) is 0 Å². The zero-order chi connectivity index (χ0) is 14.4. The molecule has 3 heteroatoms. The number of halogens is 1. The maximum absolute atomic E-state index is 11.9. The van der Waals surface area contributed by atoms with Crippen LogP contribution in [0.25, 0.3) is 6.08 Å². The summed E-state index contributed by atoms with van der Waals surface area (Å²) in [7, 11) is 0. The molecule has 1 amide bonds. The molecule has 2 rings (SSSR count). The highest BCUT2D eigenvalue weighted by atomic mass is 35.5. The molecule has 0 radical (unpaired) electrons. The zero-order valence-electron chi connectivity index (χ0n) is 11.2. The van der Waals surface area contributed by atoms with Gasteiger partial charge >= 0.3 is 0 Å². The van der Waals surface area contributed by atoms with Gasteiger partial charge in [0.05, 0.1) is 6.04 Å². The van der Waals surface area contributed by atoms with Crippen LogP contribution in [0.2, 0.25) is 5.02 Å². The molecule has 0 spiro atoms. The van der Waals surface area contributed by atoms with Gasteiger partial charge in [0, 0.05) is 11.1 Å².